The van der Waals surface area contributed by atoms with Crippen LogP contribution in [0.2, 0.25) is 0 Å². The lowest BCUT2D eigenvalue weighted by molar-refractivity contribution is -0.0220. The minimum atomic E-state index is -1.15. The highest BCUT2D eigenvalue weighted by Gasteiger charge is 2.35. The summed E-state index contributed by atoms with van der Waals surface area (Å²) in [5, 5.41) is 22.8. The van der Waals surface area contributed by atoms with Crippen LogP contribution in [0.15, 0.2) is 29.2 Å². The fraction of sp³-hybridized carbons (Fsp3) is 0.409. The first-order valence-corrected chi connectivity index (χ1v) is 11.2. The number of hydrogen-bond acceptors (Lipinski definition) is 5. The van der Waals surface area contributed by atoms with Crippen molar-refractivity contribution in [1.29, 1.82) is 0 Å². The van der Waals surface area contributed by atoms with Gasteiger partial charge in [-0.3, -0.25) is 4.72 Å². The molecule has 1 heterocycles. The minimum Gasteiger partial charge on any atom is -0.423 e. The summed E-state index contributed by atoms with van der Waals surface area (Å²) in [5.74, 6) is 0. The summed E-state index contributed by atoms with van der Waals surface area (Å²) >= 11 is 1.17. The highest BCUT2D eigenvalue weighted by Crippen LogP contribution is 2.46. The molecule has 30 heavy (non-hydrogen) atoms. The number of aliphatic hydroxyl groups is 1. The number of carbonyl (C=O) groups is 1. The van der Waals surface area contributed by atoms with Crippen LogP contribution in [0.3, 0.4) is 0 Å². The van der Waals surface area contributed by atoms with Crippen molar-refractivity contribution in [3.63, 3.8) is 0 Å². The van der Waals surface area contributed by atoms with E-state index in [0.29, 0.717) is 11.0 Å². The molecule has 8 heteroatoms. The van der Waals surface area contributed by atoms with E-state index in [9.17, 15) is 14.9 Å². The summed E-state index contributed by atoms with van der Waals surface area (Å²) in [6.07, 6.45) is 4.16. The lowest BCUT2D eigenvalue weighted by Crippen LogP contribution is -2.28. The molecule has 0 saturated heterocycles. The predicted octanol–water partition coefficient (Wildman–Crippen LogP) is 2.94. The van der Waals surface area contributed by atoms with Gasteiger partial charge in [0.05, 0.1) is 0 Å². The number of aliphatic hydroxyl groups excluding tert-OH is 1. The second-order valence-corrected chi connectivity index (χ2v) is 9.82. The SMILES string of the molecule is CC1(C)CCc2c1cc1c(c2NC(=O)NSc2ccc3c(c2)C(O)OB3O)CCC1. The summed E-state index contributed by atoms with van der Waals surface area (Å²) in [6, 6.07) is 7.33. The van der Waals surface area contributed by atoms with E-state index in [4.69, 9.17) is 4.65 Å². The van der Waals surface area contributed by atoms with Gasteiger partial charge in [-0.15, -0.1) is 0 Å². The fourth-order valence-corrected chi connectivity index (χ4v) is 5.53. The van der Waals surface area contributed by atoms with E-state index >= 15 is 0 Å². The van der Waals surface area contributed by atoms with E-state index < -0.39 is 13.4 Å². The predicted molar refractivity (Wildman–Crippen MR) is 118 cm³/mol. The molecular weight excluding hydrogens is 399 g/mol. The minimum absolute atomic E-state index is 0.145. The zero-order valence-electron chi connectivity index (χ0n) is 17.1. The Morgan fingerprint density at radius 1 is 1.23 bits per heavy atom. The summed E-state index contributed by atoms with van der Waals surface area (Å²) in [5.41, 5.74) is 7.54. The van der Waals surface area contributed by atoms with E-state index in [1.165, 1.54) is 34.2 Å². The second-order valence-electron chi connectivity index (χ2n) is 8.94. The van der Waals surface area contributed by atoms with Gasteiger partial charge in [0.15, 0.2) is 6.29 Å². The molecule has 6 nitrogen and oxygen atoms in total. The molecule has 1 aliphatic heterocycles. The summed E-state index contributed by atoms with van der Waals surface area (Å²) in [4.78, 5) is 13.5. The van der Waals surface area contributed by atoms with Gasteiger partial charge < -0.3 is 20.1 Å². The number of urea groups is 1. The zero-order chi connectivity index (χ0) is 21.0. The number of anilines is 1. The highest BCUT2D eigenvalue weighted by molar-refractivity contribution is 7.98. The van der Waals surface area contributed by atoms with E-state index in [0.717, 1.165) is 42.7 Å². The molecule has 1 unspecified atom stereocenters. The maximum absolute atomic E-state index is 12.7. The highest BCUT2D eigenvalue weighted by atomic mass is 32.2. The van der Waals surface area contributed by atoms with Crippen molar-refractivity contribution < 1.29 is 19.6 Å². The second kappa shape index (κ2) is 7.30. The first-order chi connectivity index (χ1) is 14.3. The Bertz CT molecular complexity index is 1040. The summed E-state index contributed by atoms with van der Waals surface area (Å²) < 4.78 is 7.84. The lowest BCUT2D eigenvalue weighted by atomic mass is 9.80. The molecule has 2 aliphatic carbocycles. The molecule has 2 aromatic rings. The first kappa shape index (κ1) is 19.9. The molecule has 5 rings (SSSR count). The van der Waals surface area contributed by atoms with Crippen LogP contribution in [0.5, 0.6) is 0 Å². The number of benzene rings is 2. The number of fused-ring (bicyclic) bond motifs is 3. The molecule has 4 N–H and O–H groups in total. The molecule has 0 spiro atoms. The third-order valence-corrected chi connectivity index (χ3v) is 7.36. The van der Waals surface area contributed by atoms with Gasteiger partial charge in [0.1, 0.15) is 0 Å². The number of rotatable bonds is 3. The summed E-state index contributed by atoms with van der Waals surface area (Å²) in [7, 11) is -1.11. The van der Waals surface area contributed by atoms with Crippen molar-refractivity contribution in [3.8, 4) is 0 Å². The van der Waals surface area contributed by atoms with Gasteiger partial charge in [0.25, 0.3) is 0 Å². The fourth-order valence-electron chi connectivity index (χ4n) is 4.94. The zero-order valence-corrected chi connectivity index (χ0v) is 17.9. The van der Waals surface area contributed by atoms with Gasteiger partial charge >= 0.3 is 13.1 Å². The number of amides is 2. The van der Waals surface area contributed by atoms with Crippen LogP contribution in [0.4, 0.5) is 10.5 Å². The third-order valence-electron chi connectivity index (χ3n) is 6.59. The monoisotopic (exact) mass is 424 g/mol. The quantitative estimate of drug-likeness (QED) is 0.450. The van der Waals surface area contributed by atoms with Crippen molar-refractivity contribution in [2.75, 3.05) is 5.32 Å². The average Bonchev–Trinajstić information content (AvgIpc) is 3.37. The number of aryl methyl sites for hydroxylation is 1. The molecule has 2 amide bonds. The van der Waals surface area contributed by atoms with Gasteiger partial charge in [-0.1, -0.05) is 26.0 Å². The van der Waals surface area contributed by atoms with Gasteiger partial charge in [-0.25, -0.2) is 4.79 Å². The molecule has 0 fully saturated rings. The Labute approximate surface area is 180 Å². The van der Waals surface area contributed by atoms with E-state index in [1.807, 2.05) is 0 Å². The lowest BCUT2D eigenvalue weighted by Gasteiger charge is -2.22. The number of nitrogens with one attached hydrogen (secondary N) is 2. The van der Waals surface area contributed by atoms with Crippen molar-refractivity contribution in [2.24, 2.45) is 0 Å². The molecule has 0 saturated carbocycles. The standard InChI is InChI=1S/C22H25BN2O4S/c1-22(2)9-8-15-17(22)10-12-4-3-5-14(12)19(15)24-21(27)25-30-13-6-7-18-16(11-13)20(26)29-23(18)28/h6-7,10-11,20,26,28H,3-5,8-9H2,1-2H3,(H2,24,25,27). The first-order valence-electron chi connectivity index (χ1n) is 10.4. The van der Waals surface area contributed by atoms with Crippen LogP contribution >= 0.6 is 11.9 Å². The van der Waals surface area contributed by atoms with Crippen molar-refractivity contribution in [3.05, 3.63) is 52.1 Å². The van der Waals surface area contributed by atoms with Crippen LogP contribution in [-0.2, 0) is 29.3 Å². The Morgan fingerprint density at radius 2 is 2.07 bits per heavy atom. The van der Waals surface area contributed by atoms with Crippen LogP contribution in [-0.4, -0.2) is 23.3 Å². The topological polar surface area (TPSA) is 90.8 Å². The van der Waals surface area contributed by atoms with Crippen molar-refractivity contribution in [1.82, 2.24) is 4.72 Å². The smallest absolute Gasteiger partial charge is 0.423 e. The molecule has 3 aliphatic rings. The van der Waals surface area contributed by atoms with Crippen molar-refractivity contribution >= 4 is 36.2 Å². The molecule has 0 aromatic heterocycles. The molecule has 2 aromatic carbocycles. The molecule has 0 radical (unpaired) electrons. The van der Waals surface area contributed by atoms with Crippen LogP contribution in [0.25, 0.3) is 0 Å². The number of hydrogen-bond donors (Lipinski definition) is 4. The Balaban J connectivity index is 1.33. The Morgan fingerprint density at radius 3 is 2.90 bits per heavy atom. The molecule has 156 valence electrons. The average molecular weight is 424 g/mol. The summed E-state index contributed by atoms with van der Waals surface area (Å²) in [6.45, 7) is 4.56. The maximum atomic E-state index is 12.7. The van der Waals surface area contributed by atoms with E-state index in [2.05, 4.69) is 30.0 Å². The Kier molecular flexibility index (Phi) is 4.85. The van der Waals surface area contributed by atoms with Gasteiger partial charge in [0, 0.05) is 16.1 Å². The van der Waals surface area contributed by atoms with E-state index in [-0.39, 0.29) is 11.4 Å². The molecule has 1 atom stereocenters. The molecular formula is C22H25BN2O4S. The van der Waals surface area contributed by atoms with Crippen LogP contribution < -0.4 is 15.5 Å². The van der Waals surface area contributed by atoms with Gasteiger partial charge in [-0.05, 0) is 89.3 Å². The van der Waals surface area contributed by atoms with Crippen molar-refractivity contribution in [2.45, 2.75) is 62.6 Å². The van der Waals surface area contributed by atoms with E-state index in [1.54, 1.807) is 18.2 Å². The molecule has 0 bridgehead atoms. The van der Waals surface area contributed by atoms with Gasteiger partial charge in [0.2, 0.25) is 0 Å². The van der Waals surface area contributed by atoms with Crippen LogP contribution in [0.1, 0.15) is 60.8 Å². The van der Waals surface area contributed by atoms with Gasteiger partial charge in [-0.2, -0.15) is 0 Å². The maximum Gasteiger partial charge on any atom is 0.493 e. The number of carbonyl (C=O) groups excluding carboxylic acids is 1. The third kappa shape index (κ3) is 3.32. The van der Waals surface area contributed by atoms with Crippen LogP contribution in [0, 0.1) is 0 Å². The normalized spacial score (nSPS) is 20.7. The largest absolute Gasteiger partial charge is 0.493 e. The Hall–Kier alpha value is -2.00.